The van der Waals surface area contributed by atoms with Crippen molar-refractivity contribution in [3.63, 3.8) is 0 Å². The van der Waals surface area contributed by atoms with Crippen LogP contribution in [-0.2, 0) is 6.42 Å². The molecule has 3 heteroatoms. The maximum absolute atomic E-state index is 13.1. The fourth-order valence-electron chi connectivity index (χ4n) is 2.92. The van der Waals surface area contributed by atoms with Crippen molar-refractivity contribution in [2.75, 3.05) is 0 Å². The van der Waals surface area contributed by atoms with Gasteiger partial charge in [-0.25, -0.2) is 4.98 Å². The largest absolute Gasteiger partial charge is 0.277 e. The van der Waals surface area contributed by atoms with Gasteiger partial charge in [0.25, 0.3) is 5.56 Å². The lowest BCUT2D eigenvalue weighted by Gasteiger charge is -2.12. The number of benzene rings is 3. The molecule has 0 atom stereocenters. The minimum atomic E-state index is -0.0660. The maximum Gasteiger partial charge on any atom is 0.277 e. The minimum absolute atomic E-state index is 0.0660. The van der Waals surface area contributed by atoms with Crippen molar-refractivity contribution >= 4 is 11.0 Å². The molecule has 0 radical (unpaired) electrons. The SMILES string of the molecule is O=c1c(Cc2ccccc2)nc2ccccc2n1-c1ccccc1. The number of para-hydroxylation sites is 3. The van der Waals surface area contributed by atoms with E-state index in [1.165, 1.54) is 0 Å². The van der Waals surface area contributed by atoms with Crippen LogP contribution in [0.5, 0.6) is 0 Å². The van der Waals surface area contributed by atoms with Crippen LogP contribution >= 0.6 is 0 Å². The van der Waals surface area contributed by atoms with Crippen LogP contribution in [0.4, 0.5) is 0 Å². The van der Waals surface area contributed by atoms with Gasteiger partial charge in [-0.1, -0.05) is 60.7 Å². The van der Waals surface area contributed by atoms with E-state index in [1.807, 2.05) is 84.9 Å². The van der Waals surface area contributed by atoms with Gasteiger partial charge in [-0.3, -0.25) is 9.36 Å². The minimum Gasteiger partial charge on any atom is -0.274 e. The molecule has 1 aromatic heterocycles. The first-order valence-electron chi connectivity index (χ1n) is 7.93. The smallest absolute Gasteiger partial charge is 0.274 e. The predicted molar refractivity (Wildman–Crippen MR) is 96.6 cm³/mol. The molecule has 0 amide bonds. The molecule has 3 aromatic carbocycles. The zero-order valence-electron chi connectivity index (χ0n) is 13.1. The van der Waals surface area contributed by atoms with Gasteiger partial charge in [0, 0.05) is 12.1 Å². The number of aromatic nitrogens is 2. The van der Waals surface area contributed by atoms with Crippen LogP contribution in [0, 0.1) is 0 Å². The highest BCUT2D eigenvalue weighted by atomic mass is 16.1. The third-order valence-electron chi connectivity index (χ3n) is 4.06. The molecule has 0 spiro atoms. The fourth-order valence-corrected chi connectivity index (χ4v) is 2.92. The van der Waals surface area contributed by atoms with Gasteiger partial charge < -0.3 is 0 Å². The average Bonchev–Trinajstić information content (AvgIpc) is 2.64. The van der Waals surface area contributed by atoms with Crippen molar-refractivity contribution in [1.82, 2.24) is 9.55 Å². The van der Waals surface area contributed by atoms with E-state index in [0.29, 0.717) is 12.1 Å². The zero-order chi connectivity index (χ0) is 16.4. The molecular formula is C21H16N2O. The van der Waals surface area contributed by atoms with Crippen molar-refractivity contribution < 1.29 is 0 Å². The molecule has 24 heavy (non-hydrogen) atoms. The maximum atomic E-state index is 13.1. The van der Waals surface area contributed by atoms with E-state index in [4.69, 9.17) is 0 Å². The van der Waals surface area contributed by atoms with Gasteiger partial charge in [0.1, 0.15) is 5.69 Å². The average molecular weight is 312 g/mol. The highest BCUT2D eigenvalue weighted by molar-refractivity contribution is 5.76. The molecule has 0 aliphatic rings. The van der Waals surface area contributed by atoms with Crippen molar-refractivity contribution in [3.8, 4) is 5.69 Å². The summed E-state index contributed by atoms with van der Waals surface area (Å²) in [6.45, 7) is 0. The molecule has 4 rings (SSSR count). The Labute approximate surface area is 139 Å². The second-order valence-electron chi connectivity index (χ2n) is 5.69. The Balaban J connectivity index is 1.96. The molecule has 3 nitrogen and oxygen atoms in total. The topological polar surface area (TPSA) is 34.9 Å². The van der Waals surface area contributed by atoms with E-state index < -0.39 is 0 Å². The normalized spacial score (nSPS) is 10.8. The molecular weight excluding hydrogens is 296 g/mol. The molecule has 0 aliphatic carbocycles. The molecule has 0 fully saturated rings. The first-order valence-corrected chi connectivity index (χ1v) is 7.93. The van der Waals surface area contributed by atoms with Crippen molar-refractivity contribution in [2.24, 2.45) is 0 Å². The van der Waals surface area contributed by atoms with E-state index in [1.54, 1.807) is 4.57 Å². The van der Waals surface area contributed by atoms with E-state index in [0.717, 1.165) is 22.3 Å². The van der Waals surface area contributed by atoms with Gasteiger partial charge in [0.15, 0.2) is 0 Å². The number of hydrogen-bond acceptors (Lipinski definition) is 2. The molecule has 0 saturated carbocycles. The Morgan fingerprint density at radius 1 is 0.750 bits per heavy atom. The Kier molecular flexibility index (Phi) is 3.67. The standard InChI is InChI=1S/C21H16N2O/c24-21-19(15-16-9-3-1-4-10-16)22-18-13-7-8-14-20(18)23(21)17-11-5-2-6-12-17/h1-14H,15H2. The molecule has 0 saturated heterocycles. The van der Waals surface area contributed by atoms with E-state index in [9.17, 15) is 4.79 Å². The Morgan fingerprint density at radius 2 is 1.38 bits per heavy atom. The van der Waals surface area contributed by atoms with E-state index in [2.05, 4.69) is 4.98 Å². The fraction of sp³-hybridized carbons (Fsp3) is 0.0476. The molecule has 1 heterocycles. The van der Waals surface area contributed by atoms with Crippen molar-refractivity contribution in [2.45, 2.75) is 6.42 Å². The summed E-state index contributed by atoms with van der Waals surface area (Å²) >= 11 is 0. The van der Waals surface area contributed by atoms with Crippen LogP contribution in [0.1, 0.15) is 11.3 Å². The van der Waals surface area contributed by atoms with Gasteiger partial charge in [0.05, 0.1) is 11.0 Å². The highest BCUT2D eigenvalue weighted by Crippen LogP contribution is 2.16. The van der Waals surface area contributed by atoms with Gasteiger partial charge in [0.2, 0.25) is 0 Å². The van der Waals surface area contributed by atoms with Gasteiger partial charge in [-0.2, -0.15) is 0 Å². The van der Waals surface area contributed by atoms with Crippen LogP contribution < -0.4 is 5.56 Å². The molecule has 116 valence electrons. The molecule has 0 bridgehead atoms. The van der Waals surface area contributed by atoms with Crippen molar-refractivity contribution in [3.05, 3.63) is 107 Å². The first-order chi connectivity index (χ1) is 11.8. The van der Waals surface area contributed by atoms with Crippen LogP contribution in [0.3, 0.4) is 0 Å². The lowest BCUT2D eigenvalue weighted by Crippen LogP contribution is -2.24. The van der Waals surface area contributed by atoms with Crippen LogP contribution in [0.25, 0.3) is 16.7 Å². The number of rotatable bonds is 3. The second kappa shape index (κ2) is 6.13. The summed E-state index contributed by atoms with van der Waals surface area (Å²) in [5, 5.41) is 0. The number of nitrogens with zero attached hydrogens (tertiary/aromatic N) is 2. The quantitative estimate of drug-likeness (QED) is 0.573. The molecule has 0 aliphatic heterocycles. The van der Waals surface area contributed by atoms with Gasteiger partial charge in [-0.05, 0) is 29.8 Å². The summed E-state index contributed by atoms with van der Waals surface area (Å²) in [6, 6.07) is 27.4. The molecule has 0 unspecified atom stereocenters. The summed E-state index contributed by atoms with van der Waals surface area (Å²) in [4.78, 5) is 17.7. The van der Waals surface area contributed by atoms with Crippen molar-refractivity contribution in [1.29, 1.82) is 0 Å². The van der Waals surface area contributed by atoms with Crippen LogP contribution in [-0.4, -0.2) is 9.55 Å². The molecule has 4 aromatic rings. The summed E-state index contributed by atoms with van der Waals surface area (Å²) in [7, 11) is 0. The summed E-state index contributed by atoms with van der Waals surface area (Å²) < 4.78 is 1.75. The molecule has 0 N–H and O–H groups in total. The predicted octanol–water partition coefficient (Wildman–Crippen LogP) is 3.98. The number of fused-ring (bicyclic) bond motifs is 1. The monoisotopic (exact) mass is 312 g/mol. The third-order valence-corrected chi connectivity index (χ3v) is 4.06. The van der Waals surface area contributed by atoms with Crippen LogP contribution in [0.2, 0.25) is 0 Å². The van der Waals surface area contributed by atoms with E-state index >= 15 is 0 Å². The Morgan fingerprint density at radius 3 is 2.12 bits per heavy atom. The highest BCUT2D eigenvalue weighted by Gasteiger charge is 2.12. The first kappa shape index (κ1) is 14.4. The Bertz CT molecular complexity index is 1040. The van der Waals surface area contributed by atoms with E-state index in [-0.39, 0.29) is 5.56 Å². The second-order valence-corrected chi connectivity index (χ2v) is 5.69. The van der Waals surface area contributed by atoms with Gasteiger partial charge >= 0.3 is 0 Å². The summed E-state index contributed by atoms with van der Waals surface area (Å²) in [5.41, 5.74) is 4.08. The lowest BCUT2D eigenvalue weighted by molar-refractivity contribution is 0.943. The number of hydrogen-bond donors (Lipinski definition) is 0. The lowest BCUT2D eigenvalue weighted by atomic mass is 10.1. The summed E-state index contributed by atoms with van der Waals surface area (Å²) in [6.07, 6.45) is 0.525. The van der Waals surface area contributed by atoms with Gasteiger partial charge in [-0.15, -0.1) is 0 Å². The Hall–Kier alpha value is -3.20. The third kappa shape index (κ3) is 2.61. The summed E-state index contributed by atoms with van der Waals surface area (Å²) in [5.74, 6) is 0. The van der Waals surface area contributed by atoms with Crippen LogP contribution in [0.15, 0.2) is 89.7 Å². The zero-order valence-corrected chi connectivity index (χ0v) is 13.1.